The molecule has 1 aromatic rings. The van der Waals surface area contributed by atoms with Gasteiger partial charge in [0.1, 0.15) is 24.0 Å². The van der Waals surface area contributed by atoms with Crippen molar-refractivity contribution in [3.63, 3.8) is 0 Å². The van der Waals surface area contributed by atoms with Crippen LogP contribution in [-0.2, 0) is 4.79 Å². The van der Waals surface area contributed by atoms with E-state index in [0.29, 0.717) is 24.6 Å². The number of hydrogen-bond donors (Lipinski definition) is 4. The summed E-state index contributed by atoms with van der Waals surface area (Å²) in [5.41, 5.74) is 0. The molecule has 0 aliphatic heterocycles. The second-order valence-corrected chi connectivity index (χ2v) is 5.18. The van der Waals surface area contributed by atoms with Crippen molar-refractivity contribution in [2.24, 2.45) is 5.92 Å². The zero-order chi connectivity index (χ0) is 15.1. The van der Waals surface area contributed by atoms with Gasteiger partial charge in [-0.2, -0.15) is 0 Å². The third-order valence-electron chi connectivity index (χ3n) is 2.57. The molecule has 0 bridgehead atoms. The molecular weight excluding hydrogens is 260 g/mol. The van der Waals surface area contributed by atoms with Crippen LogP contribution in [0.15, 0.2) is 12.4 Å². The molecule has 0 saturated heterocycles. The summed E-state index contributed by atoms with van der Waals surface area (Å²) in [6, 6.07) is 0.938. The molecule has 2 unspecified atom stereocenters. The van der Waals surface area contributed by atoms with Gasteiger partial charge < -0.3 is 20.8 Å². The van der Waals surface area contributed by atoms with Crippen molar-refractivity contribution in [3.8, 4) is 0 Å². The van der Waals surface area contributed by atoms with Crippen LogP contribution >= 0.6 is 0 Å². The van der Waals surface area contributed by atoms with E-state index in [1.54, 1.807) is 13.0 Å². The Morgan fingerprint density at radius 2 is 1.95 bits per heavy atom. The lowest BCUT2D eigenvalue weighted by Crippen LogP contribution is -2.31. The van der Waals surface area contributed by atoms with Gasteiger partial charge in [0.15, 0.2) is 0 Å². The van der Waals surface area contributed by atoms with Crippen LogP contribution < -0.4 is 10.6 Å². The predicted molar refractivity (Wildman–Crippen MR) is 76.7 cm³/mol. The van der Waals surface area contributed by atoms with E-state index in [-0.39, 0.29) is 5.92 Å². The molecule has 0 aliphatic rings. The van der Waals surface area contributed by atoms with Crippen molar-refractivity contribution in [1.29, 1.82) is 0 Å². The van der Waals surface area contributed by atoms with Gasteiger partial charge in [-0.3, -0.25) is 0 Å². The van der Waals surface area contributed by atoms with Crippen molar-refractivity contribution in [2.45, 2.75) is 39.3 Å². The molecule has 0 aliphatic carbocycles. The number of nitrogens with one attached hydrogen (secondary N) is 2. The summed E-state index contributed by atoms with van der Waals surface area (Å²) in [7, 11) is 0. The standard InChI is InChI=1S/C13H22N4O3/c1-8(2)4-10(13(19)20)17-12-5-11(15-7-16-12)14-6-9(3)18/h5,7-10,18H,4,6H2,1-3H3,(H,19,20)(H2,14,15,16,17). The Labute approximate surface area is 118 Å². The third-order valence-corrected chi connectivity index (χ3v) is 2.57. The summed E-state index contributed by atoms with van der Waals surface area (Å²) in [5, 5.41) is 24.2. The van der Waals surface area contributed by atoms with Crippen LogP contribution in [0, 0.1) is 5.92 Å². The van der Waals surface area contributed by atoms with Crippen molar-refractivity contribution < 1.29 is 15.0 Å². The largest absolute Gasteiger partial charge is 0.480 e. The summed E-state index contributed by atoms with van der Waals surface area (Å²) >= 11 is 0. The fourth-order valence-corrected chi connectivity index (χ4v) is 1.66. The van der Waals surface area contributed by atoms with Crippen LogP contribution in [0.5, 0.6) is 0 Å². The zero-order valence-corrected chi connectivity index (χ0v) is 12.0. The van der Waals surface area contributed by atoms with Gasteiger partial charge in [0, 0.05) is 12.6 Å². The lowest BCUT2D eigenvalue weighted by Gasteiger charge is -2.17. The first-order chi connectivity index (χ1) is 9.38. The molecule has 0 spiro atoms. The third kappa shape index (κ3) is 5.83. The van der Waals surface area contributed by atoms with E-state index < -0.39 is 18.1 Å². The van der Waals surface area contributed by atoms with Crippen LogP contribution in [0.25, 0.3) is 0 Å². The molecular formula is C13H22N4O3. The summed E-state index contributed by atoms with van der Waals surface area (Å²) in [6.45, 7) is 5.96. The van der Waals surface area contributed by atoms with Gasteiger partial charge in [0.2, 0.25) is 0 Å². The molecule has 2 atom stereocenters. The van der Waals surface area contributed by atoms with E-state index in [1.807, 2.05) is 13.8 Å². The average molecular weight is 282 g/mol. The van der Waals surface area contributed by atoms with Crippen molar-refractivity contribution >= 4 is 17.6 Å². The number of rotatable bonds is 8. The quantitative estimate of drug-likeness (QED) is 0.567. The Morgan fingerprint density at radius 1 is 1.30 bits per heavy atom. The van der Waals surface area contributed by atoms with E-state index in [9.17, 15) is 15.0 Å². The van der Waals surface area contributed by atoms with E-state index in [2.05, 4.69) is 20.6 Å². The van der Waals surface area contributed by atoms with Gasteiger partial charge in [-0.15, -0.1) is 0 Å². The minimum absolute atomic E-state index is 0.262. The molecule has 1 aromatic heterocycles. The lowest BCUT2D eigenvalue weighted by molar-refractivity contribution is -0.138. The number of carboxylic acid groups (broad SMARTS) is 1. The second-order valence-electron chi connectivity index (χ2n) is 5.18. The van der Waals surface area contributed by atoms with E-state index >= 15 is 0 Å². The van der Waals surface area contributed by atoms with Gasteiger partial charge in [0.05, 0.1) is 6.10 Å². The van der Waals surface area contributed by atoms with Crippen LogP contribution in [-0.4, -0.2) is 44.8 Å². The van der Waals surface area contributed by atoms with E-state index in [1.165, 1.54) is 6.33 Å². The Hall–Kier alpha value is -1.89. The summed E-state index contributed by atoms with van der Waals surface area (Å²) in [6.07, 6.45) is 1.37. The number of hydrogen-bond acceptors (Lipinski definition) is 6. The Balaban J connectivity index is 2.70. The summed E-state index contributed by atoms with van der Waals surface area (Å²) in [5.74, 6) is 0.340. The zero-order valence-electron chi connectivity index (χ0n) is 12.0. The molecule has 7 nitrogen and oxygen atoms in total. The highest BCUT2D eigenvalue weighted by Gasteiger charge is 2.19. The normalized spacial score (nSPS) is 13.8. The molecule has 0 saturated carbocycles. The molecule has 1 rings (SSSR count). The smallest absolute Gasteiger partial charge is 0.326 e. The number of aromatic nitrogens is 2. The first-order valence-electron chi connectivity index (χ1n) is 6.61. The van der Waals surface area contributed by atoms with Gasteiger partial charge in [-0.05, 0) is 19.3 Å². The number of nitrogens with zero attached hydrogens (tertiary/aromatic N) is 2. The Bertz CT molecular complexity index is 437. The van der Waals surface area contributed by atoms with Crippen LogP contribution in [0.3, 0.4) is 0 Å². The number of aliphatic hydroxyl groups is 1. The molecule has 20 heavy (non-hydrogen) atoms. The highest BCUT2D eigenvalue weighted by Crippen LogP contribution is 2.13. The molecule has 1 heterocycles. The fraction of sp³-hybridized carbons (Fsp3) is 0.615. The molecule has 0 fully saturated rings. The van der Waals surface area contributed by atoms with Crippen molar-refractivity contribution in [1.82, 2.24) is 9.97 Å². The number of anilines is 2. The highest BCUT2D eigenvalue weighted by molar-refractivity contribution is 5.77. The maximum absolute atomic E-state index is 11.2. The summed E-state index contributed by atoms with van der Waals surface area (Å²) < 4.78 is 0. The number of aliphatic hydroxyl groups excluding tert-OH is 1. The van der Waals surface area contributed by atoms with E-state index in [0.717, 1.165) is 0 Å². The van der Waals surface area contributed by atoms with Crippen molar-refractivity contribution in [2.75, 3.05) is 17.2 Å². The average Bonchev–Trinajstić information content (AvgIpc) is 2.35. The molecule has 112 valence electrons. The number of carboxylic acids is 1. The minimum Gasteiger partial charge on any atom is -0.480 e. The molecule has 0 radical (unpaired) electrons. The number of carbonyl (C=O) groups is 1. The maximum Gasteiger partial charge on any atom is 0.326 e. The first kappa shape index (κ1) is 16.2. The first-order valence-corrected chi connectivity index (χ1v) is 6.61. The summed E-state index contributed by atoms with van der Waals surface area (Å²) in [4.78, 5) is 19.2. The SMILES string of the molecule is CC(C)CC(Nc1cc(NCC(C)O)ncn1)C(=O)O. The van der Waals surface area contributed by atoms with Crippen molar-refractivity contribution in [3.05, 3.63) is 12.4 Å². The van der Waals surface area contributed by atoms with Crippen LogP contribution in [0.2, 0.25) is 0 Å². The van der Waals surface area contributed by atoms with Crippen LogP contribution in [0.4, 0.5) is 11.6 Å². The highest BCUT2D eigenvalue weighted by atomic mass is 16.4. The minimum atomic E-state index is -0.907. The van der Waals surface area contributed by atoms with E-state index in [4.69, 9.17) is 0 Å². The maximum atomic E-state index is 11.2. The van der Waals surface area contributed by atoms with Gasteiger partial charge in [-0.1, -0.05) is 13.8 Å². The molecule has 7 heteroatoms. The molecule has 0 amide bonds. The molecule has 4 N–H and O–H groups in total. The fourth-order valence-electron chi connectivity index (χ4n) is 1.66. The lowest BCUT2D eigenvalue weighted by atomic mass is 10.0. The number of aliphatic carboxylic acids is 1. The van der Waals surface area contributed by atoms with Gasteiger partial charge in [-0.25, -0.2) is 14.8 Å². The molecule has 0 aromatic carbocycles. The Kier molecular flexibility index (Phi) is 6.17. The van der Waals surface area contributed by atoms with Crippen LogP contribution in [0.1, 0.15) is 27.2 Å². The van der Waals surface area contributed by atoms with Gasteiger partial charge >= 0.3 is 5.97 Å². The second kappa shape index (κ2) is 7.64. The van der Waals surface area contributed by atoms with Gasteiger partial charge in [0.25, 0.3) is 0 Å². The monoisotopic (exact) mass is 282 g/mol. The Morgan fingerprint density at radius 3 is 2.50 bits per heavy atom. The predicted octanol–water partition coefficient (Wildman–Crippen LogP) is 1.18. The topological polar surface area (TPSA) is 107 Å².